The Kier molecular flexibility index (Phi) is 6.32. The summed E-state index contributed by atoms with van der Waals surface area (Å²) in [6.07, 6.45) is 7.38. The summed E-state index contributed by atoms with van der Waals surface area (Å²) in [6, 6.07) is 29.7. The molecule has 0 N–H and O–H groups in total. The van der Waals surface area contributed by atoms with Crippen molar-refractivity contribution >= 4 is 15.9 Å². The highest BCUT2D eigenvalue weighted by molar-refractivity contribution is 9.10. The summed E-state index contributed by atoms with van der Waals surface area (Å²) in [6.45, 7) is 2.19. The van der Waals surface area contributed by atoms with Crippen LogP contribution in [0, 0.1) is 5.92 Å². The molecule has 2 nitrogen and oxygen atoms in total. The normalized spacial score (nSPS) is 26.8. The van der Waals surface area contributed by atoms with Gasteiger partial charge in [0.15, 0.2) is 5.79 Å². The highest BCUT2D eigenvalue weighted by Gasteiger charge is 2.58. The smallest absolute Gasteiger partial charge is 0.177 e. The van der Waals surface area contributed by atoms with Crippen LogP contribution in [0.4, 0.5) is 0 Å². The quantitative estimate of drug-likeness (QED) is 0.337. The second-order valence-electron chi connectivity index (χ2n) is 8.78. The van der Waals surface area contributed by atoms with Gasteiger partial charge >= 0.3 is 0 Å². The van der Waals surface area contributed by atoms with Gasteiger partial charge in [-0.05, 0) is 47.6 Å². The van der Waals surface area contributed by atoms with Crippen molar-refractivity contribution in [3.05, 3.63) is 118 Å². The van der Waals surface area contributed by atoms with Crippen LogP contribution in [-0.2, 0) is 9.47 Å². The molecule has 3 aromatic carbocycles. The van der Waals surface area contributed by atoms with Crippen molar-refractivity contribution in [2.24, 2.45) is 5.92 Å². The van der Waals surface area contributed by atoms with E-state index in [9.17, 15) is 0 Å². The second-order valence-corrected chi connectivity index (χ2v) is 9.69. The number of rotatable bonds is 5. The van der Waals surface area contributed by atoms with E-state index in [1.54, 1.807) is 0 Å². The summed E-state index contributed by atoms with van der Waals surface area (Å²) in [7, 11) is 0. The molecule has 1 saturated heterocycles. The van der Waals surface area contributed by atoms with Crippen LogP contribution in [0.2, 0.25) is 0 Å². The van der Waals surface area contributed by atoms with E-state index in [1.165, 1.54) is 16.7 Å². The topological polar surface area (TPSA) is 18.5 Å². The van der Waals surface area contributed by atoms with E-state index in [1.807, 2.05) is 0 Å². The first-order chi connectivity index (χ1) is 15.7. The molecule has 32 heavy (non-hydrogen) atoms. The Morgan fingerprint density at radius 1 is 0.812 bits per heavy atom. The molecule has 4 atom stereocenters. The van der Waals surface area contributed by atoms with Crippen molar-refractivity contribution in [1.82, 2.24) is 0 Å². The predicted molar refractivity (Wildman–Crippen MR) is 132 cm³/mol. The molecule has 1 aliphatic carbocycles. The summed E-state index contributed by atoms with van der Waals surface area (Å²) in [4.78, 5) is 0. The third-order valence-electron chi connectivity index (χ3n) is 6.76. The van der Waals surface area contributed by atoms with E-state index in [2.05, 4.69) is 120 Å². The molecule has 5 rings (SSSR count). The fourth-order valence-electron chi connectivity index (χ4n) is 5.32. The lowest BCUT2D eigenvalue weighted by molar-refractivity contribution is -0.184. The maximum atomic E-state index is 7.00. The van der Waals surface area contributed by atoms with Crippen LogP contribution in [-0.4, -0.2) is 5.79 Å². The lowest BCUT2D eigenvalue weighted by Crippen LogP contribution is -2.35. The summed E-state index contributed by atoms with van der Waals surface area (Å²) in [5, 5.41) is 0. The van der Waals surface area contributed by atoms with Gasteiger partial charge < -0.3 is 9.47 Å². The van der Waals surface area contributed by atoms with Gasteiger partial charge in [0.25, 0.3) is 0 Å². The molecule has 3 heteroatoms. The SMILES string of the molecule is CC/C=C\C1CCC2(O[C@H](c3ccccc3)[C@@H](c3ccccc3)O2)C1c1ccc(Br)cc1. The number of benzene rings is 3. The van der Waals surface area contributed by atoms with Crippen LogP contribution in [0.1, 0.15) is 61.0 Å². The Hall–Kier alpha value is -2.20. The molecule has 164 valence electrons. The minimum absolute atomic E-state index is 0.134. The Balaban J connectivity index is 1.58. The number of ether oxygens (including phenoxy) is 2. The van der Waals surface area contributed by atoms with Gasteiger partial charge in [-0.3, -0.25) is 0 Å². The minimum atomic E-state index is -0.641. The standard InChI is InChI=1S/C29H29BrO2/c1-2-3-10-21-19-20-29(26(21)22-15-17-25(30)18-16-22)31-27(23-11-6-4-7-12-23)28(32-29)24-13-8-5-9-14-24/h3-18,21,26-28H,2,19-20H2,1H3/b10-3-/t21?,26?,27-,28-/m1/s1. The van der Waals surface area contributed by atoms with Gasteiger partial charge in [-0.25, -0.2) is 0 Å². The molecule has 2 fully saturated rings. The Bertz CT molecular complexity index is 998. The zero-order valence-electron chi connectivity index (χ0n) is 18.4. The number of halogens is 1. The van der Waals surface area contributed by atoms with Crippen molar-refractivity contribution in [1.29, 1.82) is 0 Å². The van der Waals surface area contributed by atoms with E-state index >= 15 is 0 Å². The molecule has 0 bridgehead atoms. The average Bonchev–Trinajstić information content (AvgIpc) is 3.40. The molecule has 1 spiro atoms. The van der Waals surface area contributed by atoms with Crippen molar-refractivity contribution in [2.45, 2.75) is 50.1 Å². The Labute approximate surface area is 199 Å². The van der Waals surface area contributed by atoms with Crippen LogP contribution in [0.3, 0.4) is 0 Å². The maximum Gasteiger partial charge on any atom is 0.177 e. The first kappa shape index (κ1) is 21.6. The number of hydrogen-bond acceptors (Lipinski definition) is 2. The molecule has 0 aromatic heterocycles. The third-order valence-corrected chi connectivity index (χ3v) is 7.29. The number of hydrogen-bond donors (Lipinski definition) is 0. The van der Waals surface area contributed by atoms with E-state index < -0.39 is 5.79 Å². The Morgan fingerprint density at radius 2 is 1.38 bits per heavy atom. The highest BCUT2D eigenvalue weighted by Crippen LogP contribution is 2.60. The van der Waals surface area contributed by atoms with Crippen LogP contribution in [0.15, 0.2) is 102 Å². The van der Waals surface area contributed by atoms with Gasteiger partial charge in [-0.1, -0.05) is 108 Å². The fraction of sp³-hybridized carbons (Fsp3) is 0.310. The summed E-state index contributed by atoms with van der Waals surface area (Å²) in [5.41, 5.74) is 3.61. The van der Waals surface area contributed by atoms with E-state index in [0.29, 0.717) is 5.92 Å². The molecule has 2 aliphatic rings. The molecule has 1 saturated carbocycles. The molecule has 2 unspecified atom stereocenters. The molecular weight excluding hydrogens is 460 g/mol. The molecule has 1 aliphatic heterocycles. The average molecular weight is 489 g/mol. The molecule has 0 radical (unpaired) electrons. The summed E-state index contributed by atoms with van der Waals surface area (Å²) in [5.74, 6) is -0.0992. The van der Waals surface area contributed by atoms with Crippen molar-refractivity contribution < 1.29 is 9.47 Å². The lowest BCUT2D eigenvalue weighted by atomic mass is 9.85. The molecule has 0 amide bonds. The first-order valence-corrected chi connectivity index (χ1v) is 12.4. The van der Waals surface area contributed by atoms with E-state index in [0.717, 1.165) is 23.7 Å². The fourth-order valence-corrected chi connectivity index (χ4v) is 5.59. The summed E-state index contributed by atoms with van der Waals surface area (Å²) < 4.78 is 15.1. The zero-order chi connectivity index (χ0) is 22.0. The maximum absolute atomic E-state index is 7.00. The van der Waals surface area contributed by atoms with Crippen LogP contribution >= 0.6 is 15.9 Å². The summed E-state index contributed by atoms with van der Waals surface area (Å²) >= 11 is 3.59. The predicted octanol–water partition coefficient (Wildman–Crippen LogP) is 8.13. The Morgan fingerprint density at radius 3 is 1.91 bits per heavy atom. The number of allylic oxidation sites excluding steroid dienone is 2. The van der Waals surface area contributed by atoms with Crippen molar-refractivity contribution in [3.8, 4) is 0 Å². The van der Waals surface area contributed by atoms with Crippen LogP contribution in [0.5, 0.6) is 0 Å². The van der Waals surface area contributed by atoms with Gasteiger partial charge in [-0.15, -0.1) is 0 Å². The molecule has 1 heterocycles. The van der Waals surface area contributed by atoms with Crippen LogP contribution in [0.25, 0.3) is 0 Å². The second kappa shape index (κ2) is 9.35. The van der Waals surface area contributed by atoms with Crippen molar-refractivity contribution in [3.63, 3.8) is 0 Å². The van der Waals surface area contributed by atoms with Gasteiger partial charge in [0.1, 0.15) is 12.2 Å². The largest absolute Gasteiger partial charge is 0.338 e. The monoisotopic (exact) mass is 488 g/mol. The highest BCUT2D eigenvalue weighted by atomic mass is 79.9. The molecule has 3 aromatic rings. The van der Waals surface area contributed by atoms with Crippen molar-refractivity contribution in [2.75, 3.05) is 0 Å². The van der Waals surface area contributed by atoms with Crippen LogP contribution < -0.4 is 0 Å². The minimum Gasteiger partial charge on any atom is -0.338 e. The zero-order valence-corrected chi connectivity index (χ0v) is 19.9. The third kappa shape index (κ3) is 4.10. The van der Waals surface area contributed by atoms with E-state index in [4.69, 9.17) is 9.47 Å². The van der Waals surface area contributed by atoms with E-state index in [-0.39, 0.29) is 18.1 Å². The van der Waals surface area contributed by atoms with Gasteiger partial charge in [-0.2, -0.15) is 0 Å². The lowest BCUT2D eigenvalue weighted by Gasteiger charge is -2.33. The van der Waals surface area contributed by atoms with Gasteiger partial charge in [0.05, 0.1) is 0 Å². The van der Waals surface area contributed by atoms with Gasteiger partial charge in [0.2, 0.25) is 0 Å². The van der Waals surface area contributed by atoms with Gasteiger partial charge in [0, 0.05) is 16.8 Å². The first-order valence-electron chi connectivity index (χ1n) is 11.6. The molecular formula is C29H29BrO2.